The molecule has 2 N–H and O–H groups in total. The Morgan fingerprint density at radius 1 is 1.32 bits per heavy atom. The molecular weight excluding hydrogens is 234 g/mol. The number of nitrogens with zero attached hydrogens (tertiary/aromatic N) is 2. The van der Waals surface area contributed by atoms with Crippen LogP contribution in [0.25, 0.3) is 0 Å². The molecule has 104 valence electrons. The van der Waals surface area contributed by atoms with Gasteiger partial charge in [-0.1, -0.05) is 12.1 Å². The lowest BCUT2D eigenvalue weighted by atomic mass is 9.93. The molecule has 3 rings (SSSR count). The van der Waals surface area contributed by atoms with Crippen molar-refractivity contribution in [2.75, 3.05) is 44.7 Å². The zero-order chi connectivity index (χ0) is 13.2. The highest BCUT2D eigenvalue weighted by Gasteiger charge is 2.24. The lowest BCUT2D eigenvalue weighted by Crippen LogP contribution is -2.27. The summed E-state index contributed by atoms with van der Waals surface area (Å²) in [5.41, 5.74) is 10.2. The molecule has 0 amide bonds. The van der Waals surface area contributed by atoms with Crippen LogP contribution in [0.5, 0.6) is 0 Å². The van der Waals surface area contributed by atoms with Gasteiger partial charge < -0.3 is 15.5 Å². The summed E-state index contributed by atoms with van der Waals surface area (Å²) in [6.07, 6.45) is 3.82. The van der Waals surface area contributed by atoms with Crippen LogP contribution in [0.15, 0.2) is 18.2 Å². The molecule has 1 fully saturated rings. The van der Waals surface area contributed by atoms with Crippen LogP contribution in [0, 0.1) is 0 Å². The number of anilines is 1. The Kier molecular flexibility index (Phi) is 3.76. The predicted molar refractivity (Wildman–Crippen MR) is 80.9 cm³/mol. The van der Waals surface area contributed by atoms with Crippen molar-refractivity contribution in [3.05, 3.63) is 29.3 Å². The second kappa shape index (κ2) is 5.51. The van der Waals surface area contributed by atoms with Gasteiger partial charge in [0, 0.05) is 38.9 Å². The second-order valence-electron chi connectivity index (χ2n) is 5.99. The quantitative estimate of drug-likeness (QED) is 0.898. The summed E-state index contributed by atoms with van der Waals surface area (Å²) in [5, 5.41) is 0. The monoisotopic (exact) mass is 259 g/mol. The number of hydrogen-bond acceptors (Lipinski definition) is 3. The van der Waals surface area contributed by atoms with Gasteiger partial charge in [-0.2, -0.15) is 0 Å². The van der Waals surface area contributed by atoms with E-state index in [1.165, 1.54) is 50.1 Å². The van der Waals surface area contributed by atoms with E-state index in [9.17, 15) is 0 Å². The van der Waals surface area contributed by atoms with E-state index in [2.05, 4.69) is 35.0 Å². The highest BCUT2D eigenvalue weighted by Crippen LogP contribution is 2.32. The molecule has 1 atom stereocenters. The van der Waals surface area contributed by atoms with E-state index in [1.54, 1.807) is 5.56 Å². The Balaban J connectivity index is 1.76. The first-order valence-electron chi connectivity index (χ1n) is 7.54. The van der Waals surface area contributed by atoms with Crippen molar-refractivity contribution in [1.29, 1.82) is 0 Å². The van der Waals surface area contributed by atoms with Gasteiger partial charge in [-0.05, 0) is 48.9 Å². The number of likely N-dealkylation sites (tertiary alicyclic amines) is 1. The largest absolute Gasteiger partial charge is 0.374 e. The third kappa shape index (κ3) is 2.63. The van der Waals surface area contributed by atoms with Crippen molar-refractivity contribution < 1.29 is 0 Å². The van der Waals surface area contributed by atoms with Gasteiger partial charge in [0.25, 0.3) is 0 Å². The van der Waals surface area contributed by atoms with Crippen molar-refractivity contribution in [2.45, 2.75) is 25.2 Å². The van der Waals surface area contributed by atoms with E-state index in [0.29, 0.717) is 5.92 Å². The van der Waals surface area contributed by atoms with Gasteiger partial charge in [-0.3, -0.25) is 0 Å². The Morgan fingerprint density at radius 2 is 2.21 bits per heavy atom. The number of aryl methyl sites for hydroxylation is 1. The van der Waals surface area contributed by atoms with Crippen LogP contribution >= 0.6 is 0 Å². The van der Waals surface area contributed by atoms with Crippen LogP contribution in [-0.2, 0) is 6.42 Å². The van der Waals surface area contributed by atoms with Gasteiger partial charge >= 0.3 is 0 Å². The summed E-state index contributed by atoms with van der Waals surface area (Å²) < 4.78 is 0. The van der Waals surface area contributed by atoms with Crippen molar-refractivity contribution in [1.82, 2.24) is 4.90 Å². The third-order valence-corrected chi connectivity index (χ3v) is 4.64. The zero-order valence-electron chi connectivity index (χ0n) is 11.9. The highest BCUT2D eigenvalue weighted by atomic mass is 15.1. The SMILES string of the molecule is CN1CCCc2cc(C3CCN(CCN)C3)ccc21. The Morgan fingerprint density at radius 3 is 3.05 bits per heavy atom. The first-order valence-corrected chi connectivity index (χ1v) is 7.54. The molecule has 1 aromatic rings. The fraction of sp³-hybridized carbons (Fsp3) is 0.625. The fourth-order valence-corrected chi connectivity index (χ4v) is 3.55. The minimum Gasteiger partial charge on any atom is -0.374 e. The smallest absolute Gasteiger partial charge is 0.0396 e. The van der Waals surface area contributed by atoms with Crippen LogP contribution in [0.3, 0.4) is 0 Å². The molecule has 1 unspecified atom stereocenters. The van der Waals surface area contributed by atoms with Gasteiger partial charge in [0.05, 0.1) is 0 Å². The van der Waals surface area contributed by atoms with Crippen molar-refractivity contribution in [2.24, 2.45) is 5.73 Å². The molecule has 0 aliphatic carbocycles. The lowest BCUT2D eigenvalue weighted by Gasteiger charge is -2.28. The fourth-order valence-electron chi connectivity index (χ4n) is 3.55. The second-order valence-corrected chi connectivity index (χ2v) is 5.99. The third-order valence-electron chi connectivity index (χ3n) is 4.64. The first kappa shape index (κ1) is 12.9. The van der Waals surface area contributed by atoms with Crippen molar-refractivity contribution in [3.63, 3.8) is 0 Å². The predicted octanol–water partition coefficient (Wildman–Crippen LogP) is 1.82. The average Bonchev–Trinajstić information content (AvgIpc) is 2.88. The Bertz CT molecular complexity index is 444. The molecule has 0 spiro atoms. The normalized spacial score (nSPS) is 23.7. The molecule has 2 heterocycles. The number of fused-ring (bicyclic) bond motifs is 1. The molecule has 0 bridgehead atoms. The highest BCUT2D eigenvalue weighted by molar-refractivity contribution is 5.56. The van der Waals surface area contributed by atoms with Gasteiger partial charge in [0.1, 0.15) is 0 Å². The van der Waals surface area contributed by atoms with Crippen LogP contribution in [0.2, 0.25) is 0 Å². The molecular formula is C16H25N3. The minimum atomic E-state index is 0.712. The van der Waals surface area contributed by atoms with Crippen LogP contribution in [0.1, 0.15) is 29.9 Å². The molecule has 2 aliphatic rings. The zero-order valence-corrected chi connectivity index (χ0v) is 11.9. The van der Waals surface area contributed by atoms with E-state index < -0.39 is 0 Å². The summed E-state index contributed by atoms with van der Waals surface area (Å²) in [7, 11) is 2.20. The summed E-state index contributed by atoms with van der Waals surface area (Å²) in [6, 6.07) is 7.13. The maximum atomic E-state index is 5.65. The van der Waals surface area contributed by atoms with Crippen LogP contribution < -0.4 is 10.6 Å². The summed E-state index contributed by atoms with van der Waals surface area (Å²) >= 11 is 0. The van der Waals surface area contributed by atoms with E-state index in [1.807, 2.05) is 0 Å². The summed E-state index contributed by atoms with van der Waals surface area (Å²) in [6.45, 7) is 5.41. The van der Waals surface area contributed by atoms with E-state index in [4.69, 9.17) is 5.73 Å². The molecule has 0 aromatic heterocycles. The molecule has 3 heteroatoms. The molecule has 0 saturated carbocycles. The summed E-state index contributed by atoms with van der Waals surface area (Å²) in [4.78, 5) is 4.88. The minimum absolute atomic E-state index is 0.712. The average molecular weight is 259 g/mol. The number of benzene rings is 1. The molecule has 0 radical (unpaired) electrons. The Labute approximate surface area is 116 Å². The molecule has 19 heavy (non-hydrogen) atoms. The molecule has 1 aromatic carbocycles. The maximum Gasteiger partial charge on any atom is 0.0396 e. The van der Waals surface area contributed by atoms with Gasteiger partial charge in [-0.15, -0.1) is 0 Å². The standard InChI is InChI=1S/C16H25N3/c1-18-8-2-3-14-11-13(4-5-16(14)18)15-6-9-19(12-15)10-7-17/h4-5,11,15H,2-3,6-10,12,17H2,1H3. The van der Waals surface area contributed by atoms with Gasteiger partial charge in [-0.25, -0.2) is 0 Å². The van der Waals surface area contributed by atoms with Crippen molar-refractivity contribution in [3.8, 4) is 0 Å². The maximum absolute atomic E-state index is 5.65. The number of nitrogens with two attached hydrogens (primary N) is 1. The first-order chi connectivity index (χ1) is 9.28. The molecule has 3 nitrogen and oxygen atoms in total. The van der Waals surface area contributed by atoms with Gasteiger partial charge in [0.15, 0.2) is 0 Å². The van der Waals surface area contributed by atoms with Crippen LogP contribution in [0.4, 0.5) is 5.69 Å². The lowest BCUT2D eigenvalue weighted by molar-refractivity contribution is 0.344. The topological polar surface area (TPSA) is 32.5 Å². The van der Waals surface area contributed by atoms with E-state index in [-0.39, 0.29) is 0 Å². The van der Waals surface area contributed by atoms with E-state index >= 15 is 0 Å². The van der Waals surface area contributed by atoms with Crippen LogP contribution in [-0.4, -0.2) is 44.7 Å². The van der Waals surface area contributed by atoms with E-state index in [0.717, 1.165) is 13.1 Å². The van der Waals surface area contributed by atoms with Crippen molar-refractivity contribution >= 4 is 5.69 Å². The molecule has 2 aliphatic heterocycles. The summed E-state index contributed by atoms with van der Waals surface area (Å²) in [5.74, 6) is 0.712. The number of rotatable bonds is 3. The Hall–Kier alpha value is -1.06. The molecule has 1 saturated heterocycles. The van der Waals surface area contributed by atoms with Gasteiger partial charge in [0.2, 0.25) is 0 Å². The number of hydrogen-bond donors (Lipinski definition) is 1.